The van der Waals surface area contributed by atoms with Gasteiger partial charge in [0.25, 0.3) is 0 Å². The first-order valence-corrected chi connectivity index (χ1v) is 5.52. The topological polar surface area (TPSA) is 72.7 Å². The molecule has 0 radical (unpaired) electrons. The van der Waals surface area contributed by atoms with Crippen molar-refractivity contribution in [2.45, 2.75) is 32.4 Å². The van der Waals surface area contributed by atoms with E-state index in [9.17, 15) is 5.11 Å². The van der Waals surface area contributed by atoms with Gasteiger partial charge in [-0.15, -0.1) is 0 Å². The maximum atomic E-state index is 9.56. The molecular weight excluding hydrogens is 206 g/mol. The Hall–Kier alpha value is -1.26. The van der Waals surface area contributed by atoms with Gasteiger partial charge in [0.1, 0.15) is 11.5 Å². The van der Waals surface area contributed by atoms with Crippen LogP contribution < -0.4 is 5.32 Å². The van der Waals surface area contributed by atoms with Gasteiger partial charge in [-0.25, -0.2) is 0 Å². The Morgan fingerprint density at radius 1 is 1.31 bits per heavy atom. The second kappa shape index (κ2) is 6.35. The molecule has 0 aliphatic rings. The van der Waals surface area contributed by atoms with E-state index in [0.29, 0.717) is 13.0 Å². The Bertz CT molecular complexity index is 328. The molecule has 16 heavy (non-hydrogen) atoms. The normalized spacial score (nSPS) is 12.6. The Labute approximate surface area is 95.6 Å². The highest BCUT2D eigenvalue weighted by molar-refractivity contribution is 5.38. The van der Waals surface area contributed by atoms with Crippen LogP contribution in [0.5, 0.6) is 11.5 Å². The van der Waals surface area contributed by atoms with Crippen molar-refractivity contribution in [3.8, 4) is 11.5 Å². The molecule has 0 fully saturated rings. The zero-order valence-corrected chi connectivity index (χ0v) is 9.48. The SMILES string of the molecule is CCC(CCO)NCc1ccc(O)cc1O. The molecule has 1 rings (SSSR count). The summed E-state index contributed by atoms with van der Waals surface area (Å²) in [6.45, 7) is 2.74. The van der Waals surface area contributed by atoms with E-state index >= 15 is 0 Å². The lowest BCUT2D eigenvalue weighted by Gasteiger charge is -2.16. The number of aliphatic hydroxyl groups is 1. The Balaban J connectivity index is 2.53. The van der Waals surface area contributed by atoms with Crippen molar-refractivity contribution in [1.82, 2.24) is 5.32 Å². The Morgan fingerprint density at radius 2 is 2.06 bits per heavy atom. The van der Waals surface area contributed by atoms with Crippen molar-refractivity contribution < 1.29 is 15.3 Å². The minimum Gasteiger partial charge on any atom is -0.508 e. The lowest BCUT2D eigenvalue weighted by Crippen LogP contribution is -2.28. The fourth-order valence-corrected chi connectivity index (χ4v) is 1.56. The number of hydrogen-bond acceptors (Lipinski definition) is 4. The molecule has 4 heteroatoms. The van der Waals surface area contributed by atoms with Crippen LogP contribution in [-0.4, -0.2) is 28.0 Å². The van der Waals surface area contributed by atoms with E-state index < -0.39 is 0 Å². The van der Waals surface area contributed by atoms with E-state index in [0.717, 1.165) is 12.0 Å². The molecule has 0 heterocycles. The van der Waals surface area contributed by atoms with Crippen molar-refractivity contribution in [2.75, 3.05) is 6.61 Å². The molecule has 0 saturated heterocycles. The van der Waals surface area contributed by atoms with Gasteiger partial charge in [-0.1, -0.05) is 13.0 Å². The van der Waals surface area contributed by atoms with E-state index in [-0.39, 0.29) is 24.1 Å². The van der Waals surface area contributed by atoms with Gasteiger partial charge in [0.15, 0.2) is 0 Å². The average molecular weight is 225 g/mol. The van der Waals surface area contributed by atoms with Crippen LogP contribution in [0.25, 0.3) is 0 Å². The number of aliphatic hydroxyl groups excluding tert-OH is 1. The predicted molar refractivity (Wildman–Crippen MR) is 62.4 cm³/mol. The monoisotopic (exact) mass is 225 g/mol. The van der Waals surface area contributed by atoms with Crippen molar-refractivity contribution in [2.24, 2.45) is 0 Å². The van der Waals surface area contributed by atoms with Gasteiger partial charge in [0, 0.05) is 30.8 Å². The summed E-state index contributed by atoms with van der Waals surface area (Å²) in [6, 6.07) is 4.80. The third-order valence-corrected chi connectivity index (χ3v) is 2.62. The smallest absolute Gasteiger partial charge is 0.123 e. The maximum absolute atomic E-state index is 9.56. The van der Waals surface area contributed by atoms with Crippen LogP contribution in [0.1, 0.15) is 25.3 Å². The number of rotatable bonds is 6. The summed E-state index contributed by atoms with van der Waals surface area (Å²) >= 11 is 0. The maximum Gasteiger partial charge on any atom is 0.123 e. The van der Waals surface area contributed by atoms with Gasteiger partial charge in [0.2, 0.25) is 0 Å². The van der Waals surface area contributed by atoms with Crippen molar-refractivity contribution in [3.05, 3.63) is 23.8 Å². The number of nitrogens with one attached hydrogen (secondary N) is 1. The summed E-state index contributed by atoms with van der Waals surface area (Å²) in [5.41, 5.74) is 0.745. The van der Waals surface area contributed by atoms with E-state index in [1.165, 1.54) is 6.07 Å². The van der Waals surface area contributed by atoms with Gasteiger partial charge in [-0.05, 0) is 18.9 Å². The van der Waals surface area contributed by atoms with Crippen LogP contribution in [0.15, 0.2) is 18.2 Å². The lowest BCUT2D eigenvalue weighted by molar-refractivity contribution is 0.261. The van der Waals surface area contributed by atoms with Gasteiger partial charge in [-0.2, -0.15) is 0 Å². The summed E-state index contributed by atoms with van der Waals surface area (Å²) in [7, 11) is 0. The summed E-state index contributed by atoms with van der Waals surface area (Å²) in [4.78, 5) is 0. The van der Waals surface area contributed by atoms with Crippen LogP contribution in [0, 0.1) is 0 Å². The molecule has 0 spiro atoms. The van der Waals surface area contributed by atoms with Crippen LogP contribution >= 0.6 is 0 Å². The minimum atomic E-state index is 0.0589. The highest BCUT2D eigenvalue weighted by Gasteiger charge is 2.07. The van der Waals surface area contributed by atoms with E-state index in [1.807, 2.05) is 6.92 Å². The molecule has 1 aromatic carbocycles. The number of phenols is 2. The molecule has 0 saturated carbocycles. The third-order valence-electron chi connectivity index (χ3n) is 2.62. The van der Waals surface area contributed by atoms with E-state index in [4.69, 9.17) is 10.2 Å². The number of benzene rings is 1. The molecule has 0 aliphatic carbocycles. The first-order chi connectivity index (χ1) is 7.67. The highest BCUT2D eigenvalue weighted by Crippen LogP contribution is 2.22. The zero-order valence-electron chi connectivity index (χ0n) is 9.48. The zero-order chi connectivity index (χ0) is 12.0. The second-order valence-corrected chi connectivity index (χ2v) is 3.81. The van der Waals surface area contributed by atoms with E-state index in [2.05, 4.69) is 5.32 Å². The van der Waals surface area contributed by atoms with Crippen LogP contribution in [0.2, 0.25) is 0 Å². The Morgan fingerprint density at radius 3 is 2.62 bits per heavy atom. The molecule has 1 aromatic rings. The Kier molecular flexibility index (Phi) is 5.08. The molecule has 1 unspecified atom stereocenters. The predicted octanol–water partition coefficient (Wildman–Crippen LogP) is 1.35. The second-order valence-electron chi connectivity index (χ2n) is 3.81. The van der Waals surface area contributed by atoms with Gasteiger partial charge < -0.3 is 20.6 Å². The van der Waals surface area contributed by atoms with Crippen LogP contribution in [0.4, 0.5) is 0 Å². The highest BCUT2D eigenvalue weighted by atomic mass is 16.3. The summed E-state index contributed by atoms with van der Waals surface area (Å²) in [6.07, 6.45) is 1.63. The van der Waals surface area contributed by atoms with Crippen LogP contribution in [-0.2, 0) is 6.54 Å². The molecule has 0 amide bonds. The van der Waals surface area contributed by atoms with Gasteiger partial charge in [0.05, 0.1) is 0 Å². The number of aromatic hydroxyl groups is 2. The van der Waals surface area contributed by atoms with Crippen molar-refractivity contribution in [1.29, 1.82) is 0 Å². The van der Waals surface area contributed by atoms with Crippen molar-refractivity contribution >= 4 is 0 Å². The molecule has 90 valence electrons. The van der Waals surface area contributed by atoms with Gasteiger partial charge in [-0.3, -0.25) is 0 Å². The van der Waals surface area contributed by atoms with E-state index in [1.54, 1.807) is 12.1 Å². The number of hydrogen-bond donors (Lipinski definition) is 4. The molecule has 0 bridgehead atoms. The molecule has 4 nitrogen and oxygen atoms in total. The minimum absolute atomic E-state index is 0.0589. The molecule has 0 aliphatic heterocycles. The lowest BCUT2D eigenvalue weighted by atomic mass is 10.1. The number of phenolic OH excluding ortho intramolecular Hbond substituents is 2. The third kappa shape index (κ3) is 3.72. The molecule has 1 atom stereocenters. The largest absolute Gasteiger partial charge is 0.508 e. The van der Waals surface area contributed by atoms with Crippen molar-refractivity contribution in [3.63, 3.8) is 0 Å². The first kappa shape index (κ1) is 12.8. The molecular formula is C12H19NO3. The summed E-state index contributed by atoms with van der Waals surface area (Å²) < 4.78 is 0. The first-order valence-electron chi connectivity index (χ1n) is 5.52. The average Bonchev–Trinajstić information content (AvgIpc) is 2.26. The molecule has 4 N–H and O–H groups in total. The van der Waals surface area contributed by atoms with Gasteiger partial charge >= 0.3 is 0 Å². The fourth-order valence-electron chi connectivity index (χ4n) is 1.56. The fraction of sp³-hybridized carbons (Fsp3) is 0.500. The summed E-state index contributed by atoms with van der Waals surface area (Å²) in [5.74, 6) is 0.148. The quantitative estimate of drug-likeness (QED) is 0.589. The van der Waals surface area contributed by atoms with Crippen LogP contribution in [0.3, 0.4) is 0 Å². The standard InChI is InChI=1S/C12H19NO3/c1-2-10(5-6-14)13-8-9-3-4-11(15)7-12(9)16/h3-4,7,10,13-16H,2,5-6,8H2,1H3. The summed E-state index contributed by atoms with van der Waals surface area (Å²) in [5, 5.41) is 30.8. The molecule has 0 aromatic heterocycles.